The lowest BCUT2D eigenvalue weighted by Gasteiger charge is -2.26. The Morgan fingerprint density at radius 1 is 1.44 bits per heavy atom. The minimum absolute atomic E-state index is 0.0966. The predicted octanol–water partition coefficient (Wildman–Crippen LogP) is 2.25. The van der Waals surface area contributed by atoms with Gasteiger partial charge in [0.1, 0.15) is 5.54 Å². The van der Waals surface area contributed by atoms with Gasteiger partial charge in [-0.2, -0.15) is 0 Å². The van der Waals surface area contributed by atoms with Crippen LogP contribution in [0.5, 0.6) is 0 Å². The van der Waals surface area contributed by atoms with Crippen molar-refractivity contribution in [2.24, 2.45) is 5.92 Å². The van der Waals surface area contributed by atoms with Crippen LogP contribution in [0.4, 0.5) is 0 Å². The van der Waals surface area contributed by atoms with Crippen molar-refractivity contribution in [3.63, 3.8) is 0 Å². The van der Waals surface area contributed by atoms with Crippen LogP contribution in [0.15, 0.2) is 11.6 Å². The molecule has 1 amide bonds. The molecule has 0 aromatic carbocycles. The molecule has 2 aliphatic rings. The van der Waals surface area contributed by atoms with Crippen LogP contribution in [-0.4, -0.2) is 22.5 Å². The highest BCUT2D eigenvalue weighted by Crippen LogP contribution is 2.39. The van der Waals surface area contributed by atoms with E-state index >= 15 is 0 Å². The summed E-state index contributed by atoms with van der Waals surface area (Å²) in [5, 5.41) is 12.0. The molecule has 2 aliphatic carbocycles. The quantitative estimate of drug-likeness (QED) is 0.736. The highest BCUT2D eigenvalue weighted by Gasteiger charge is 2.48. The first-order chi connectivity index (χ1) is 8.52. The van der Waals surface area contributed by atoms with E-state index in [4.69, 9.17) is 0 Å². The van der Waals surface area contributed by atoms with Crippen LogP contribution in [0.25, 0.3) is 0 Å². The first-order valence-corrected chi connectivity index (χ1v) is 6.74. The van der Waals surface area contributed by atoms with Crippen molar-refractivity contribution < 1.29 is 14.7 Å². The maximum absolute atomic E-state index is 11.9. The molecule has 1 atom stereocenters. The Morgan fingerprint density at radius 2 is 2.17 bits per heavy atom. The fraction of sp³-hybridized carbons (Fsp3) is 0.714. The summed E-state index contributed by atoms with van der Waals surface area (Å²) >= 11 is 0. The molecule has 100 valence electrons. The first kappa shape index (κ1) is 13.1. The normalized spacial score (nSPS) is 22.8. The number of amides is 1. The van der Waals surface area contributed by atoms with Crippen molar-refractivity contribution in [3.05, 3.63) is 11.6 Å². The number of carbonyl (C=O) groups is 2. The van der Waals surface area contributed by atoms with Gasteiger partial charge in [0, 0.05) is 6.42 Å². The lowest BCUT2D eigenvalue weighted by Crippen LogP contribution is -2.54. The smallest absolute Gasteiger partial charge is 0.329 e. The summed E-state index contributed by atoms with van der Waals surface area (Å²) in [7, 11) is 0. The second kappa shape index (κ2) is 5.12. The summed E-state index contributed by atoms with van der Waals surface area (Å²) in [5.41, 5.74) is 0.0778. The average molecular weight is 251 g/mol. The predicted molar refractivity (Wildman–Crippen MR) is 68.1 cm³/mol. The Morgan fingerprint density at radius 3 is 2.67 bits per heavy atom. The third-order valence-electron chi connectivity index (χ3n) is 4.01. The lowest BCUT2D eigenvalue weighted by atomic mass is 9.93. The number of aliphatic carboxylic acids is 1. The van der Waals surface area contributed by atoms with Crippen LogP contribution in [0.2, 0.25) is 0 Å². The second-order valence-electron chi connectivity index (χ2n) is 5.61. The van der Waals surface area contributed by atoms with Gasteiger partial charge in [-0.25, -0.2) is 4.79 Å². The number of rotatable bonds is 5. The van der Waals surface area contributed by atoms with Crippen molar-refractivity contribution in [3.8, 4) is 0 Å². The molecule has 18 heavy (non-hydrogen) atoms. The summed E-state index contributed by atoms with van der Waals surface area (Å²) < 4.78 is 0. The number of hydrogen-bond donors (Lipinski definition) is 2. The van der Waals surface area contributed by atoms with Gasteiger partial charge < -0.3 is 10.4 Å². The Bertz CT molecular complexity index is 385. The molecule has 0 spiro atoms. The molecule has 2 N–H and O–H groups in total. The maximum Gasteiger partial charge on any atom is 0.329 e. The monoisotopic (exact) mass is 251 g/mol. The van der Waals surface area contributed by atoms with Crippen molar-refractivity contribution in [1.29, 1.82) is 0 Å². The van der Waals surface area contributed by atoms with Crippen molar-refractivity contribution >= 4 is 11.9 Å². The van der Waals surface area contributed by atoms with Gasteiger partial charge in [0.2, 0.25) is 5.91 Å². The second-order valence-corrected chi connectivity index (χ2v) is 5.61. The zero-order valence-electron chi connectivity index (χ0n) is 10.9. The molecular formula is C14H21NO3. The summed E-state index contributed by atoms with van der Waals surface area (Å²) in [6, 6.07) is 0. The van der Waals surface area contributed by atoms with E-state index in [-0.39, 0.29) is 11.8 Å². The van der Waals surface area contributed by atoms with Gasteiger partial charge in [-0.05, 0) is 51.4 Å². The Balaban J connectivity index is 1.93. The molecule has 2 rings (SSSR count). The number of nitrogens with one attached hydrogen (secondary N) is 1. The molecule has 0 heterocycles. The topological polar surface area (TPSA) is 66.4 Å². The third-order valence-corrected chi connectivity index (χ3v) is 4.01. The van der Waals surface area contributed by atoms with Gasteiger partial charge in [0.15, 0.2) is 0 Å². The standard InChI is InChI=1S/C14H21NO3/c1-14(13(17)18,11-7-8-11)15-12(16)9-10-5-3-2-4-6-10/h5,11H,2-4,6-9H2,1H3,(H,15,16)(H,17,18). The van der Waals surface area contributed by atoms with Crippen LogP contribution >= 0.6 is 0 Å². The Hall–Kier alpha value is -1.32. The molecule has 0 aromatic rings. The molecule has 4 heteroatoms. The van der Waals surface area contributed by atoms with Crippen LogP contribution in [0.3, 0.4) is 0 Å². The van der Waals surface area contributed by atoms with Crippen LogP contribution in [0.1, 0.15) is 51.9 Å². The fourth-order valence-electron chi connectivity index (χ4n) is 2.60. The Kier molecular flexibility index (Phi) is 3.73. The van der Waals surface area contributed by atoms with Crippen molar-refractivity contribution in [2.45, 2.75) is 57.4 Å². The minimum atomic E-state index is -1.08. The lowest BCUT2D eigenvalue weighted by molar-refractivity contribution is -0.147. The highest BCUT2D eigenvalue weighted by molar-refractivity contribution is 5.88. The Labute approximate surface area is 107 Å². The zero-order valence-corrected chi connectivity index (χ0v) is 10.9. The number of carboxylic acid groups (broad SMARTS) is 1. The SMILES string of the molecule is CC(NC(=O)CC1=CCCCC1)(C(=O)O)C1CC1. The summed E-state index contributed by atoms with van der Waals surface area (Å²) in [6.45, 7) is 1.63. The molecule has 0 bridgehead atoms. The zero-order chi connectivity index (χ0) is 13.2. The highest BCUT2D eigenvalue weighted by atomic mass is 16.4. The third kappa shape index (κ3) is 2.92. The number of hydrogen-bond acceptors (Lipinski definition) is 2. The molecule has 0 radical (unpaired) electrons. The summed E-state index contributed by atoms with van der Waals surface area (Å²) in [4.78, 5) is 23.2. The number of carboxylic acids is 1. The van der Waals surface area contributed by atoms with E-state index in [0.717, 1.165) is 37.7 Å². The summed E-state index contributed by atoms with van der Waals surface area (Å²) in [5.74, 6) is -0.977. The van der Waals surface area contributed by atoms with Crippen LogP contribution < -0.4 is 5.32 Å². The molecule has 1 saturated carbocycles. The molecular weight excluding hydrogens is 230 g/mol. The van der Waals surface area contributed by atoms with Gasteiger partial charge in [-0.3, -0.25) is 4.79 Å². The number of carbonyl (C=O) groups excluding carboxylic acids is 1. The molecule has 0 saturated heterocycles. The van der Waals surface area contributed by atoms with Crippen LogP contribution in [-0.2, 0) is 9.59 Å². The van der Waals surface area contributed by atoms with Gasteiger partial charge in [-0.1, -0.05) is 11.6 Å². The first-order valence-electron chi connectivity index (χ1n) is 6.74. The molecule has 1 fully saturated rings. The molecule has 0 aromatic heterocycles. The largest absolute Gasteiger partial charge is 0.480 e. The average Bonchev–Trinajstić information content (AvgIpc) is 3.13. The summed E-state index contributed by atoms with van der Waals surface area (Å²) in [6.07, 6.45) is 8.62. The van der Waals surface area contributed by atoms with E-state index < -0.39 is 11.5 Å². The van der Waals surface area contributed by atoms with Gasteiger partial charge >= 0.3 is 5.97 Å². The van der Waals surface area contributed by atoms with E-state index in [2.05, 4.69) is 11.4 Å². The van der Waals surface area contributed by atoms with E-state index in [1.807, 2.05) is 0 Å². The van der Waals surface area contributed by atoms with E-state index in [1.54, 1.807) is 6.92 Å². The number of allylic oxidation sites excluding steroid dienone is 1. The van der Waals surface area contributed by atoms with Crippen molar-refractivity contribution in [2.75, 3.05) is 0 Å². The van der Waals surface area contributed by atoms with E-state index in [9.17, 15) is 14.7 Å². The molecule has 0 aliphatic heterocycles. The van der Waals surface area contributed by atoms with Gasteiger partial charge in [0.25, 0.3) is 0 Å². The van der Waals surface area contributed by atoms with Crippen molar-refractivity contribution in [1.82, 2.24) is 5.32 Å². The molecule has 4 nitrogen and oxygen atoms in total. The maximum atomic E-state index is 11.9. The van der Waals surface area contributed by atoms with E-state index in [0.29, 0.717) is 6.42 Å². The minimum Gasteiger partial charge on any atom is -0.480 e. The van der Waals surface area contributed by atoms with Gasteiger partial charge in [-0.15, -0.1) is 0 Å². The molecule has 1 unspecified atom stereocenters. The van der Waals surface area contributed by atoms with E-state index in [1.165, 1.54) is 6.42 Å². The van der Waals surface area contributed by atoms with Gasteiger partial charge in [0.05, 0.1) is 0 Å². The van der Waals surface area contributed by atoms with Crippen LogP contribution in [0, 0.1) is 5.92 Å². The fourth-order valence-corrected chi connectivity index (χ4v) is 2.60.